The Morgan fingerprint density at radius 3 is 2.00 bits per heavy atom. The largest absolute Gasteiger partial charge is 0.497 e. The summed E-state index contributed by atoms with van der Waals surface area (Å²) in [6.45, 7) is 18.1. The summed E-state index contributed by atoms with van der Waals surface area (Å²) in [4.78, 5) is 0. The van der Waals surface area contributed by atoms with E-state index in [0.717, 1.165) is 32.5 Å². The molecule has 37 heavy (non-hydrogen) atoms. The van der Waals surface area contributed by atoms with E-state index in [2.05, 4.69) is 60.6 Å². The van der Waals surface area contributed by atoms with Gasteiger partial charge in [-0.05, 0) is 81.5 Å². The first-order valence-corrected chi connectivity index (χ1v) is 16.0. The van der Waals surface area contributed by atoms with Crippen LogP contribution in [0.4, 0.5) is 0 Å². The molecule has 2 heteroatoms. The Labute approximate surface area is 230 Å². The van der Waals surface area contributed by atoms with Crippen molar-refractivity contribution in [2.24, 2.45) is 23.2 Å². The molecule has 0 aliphatic heterocycles. The molecule has 0 radical (unpaired) electrons. The Morgan fingerprint density at radius 1 is 0.838 bits per heavy atom. The van der Waals surface area contributed by atoms with Gasteiger partial charge >= 0.3 is 0 Å². The number of ether oxygens (including phenoxy) is 2. The molecule has 3 aliphatic carbocycles. The first kappa shape index (κ1) is 30.1. The predicted molar refractivity (Wildman–Crippen MR) is 159 cm³/mol. The summed E-state index contributed by atoms with van der Waals surface area (Å²) in [7, 11) is 0. The highest BCUT2D eigenvalue weighted by Gasteiger charge is 2.39. The second kappa shape index (κ2) is 14.6. The van der Waals surface area contributed by atoms with Crippen molar-refractivity contribution in [2.45, 2.75) is 138 Å². The van der Waals surface area contributed by atoms with Crippen LogP contribution < -0.4 is 0 Å². The smallest absolute Gasteiger partial charge is 0.130 e. The van der Waals surface area contributed by atoms with E-state index in [4.69, 9.17) is 9.47 Å². The van der Waals surface area contributed by atoms with Crippen LogP contribution in [0.25, 0.3) is 0 Å². The van der Waals surface area contributed by atoms with Crippen LogP contribution in [0.5, 0.6) is 0 Å². The maximum absolute atomic E-state index is 6.91. The summed E-state index contributed by atoms with van der Waals surface area (Å²) < 4.78 is 13.8. The van der Waals surface area contributed by atoms with Crippen LogP contribution in [0.15, 0.2) is 46.0 Å². The van der Waals surface area contributed by atoms with E-state index in [1.165, 1.54) is 98.9 Å². The molecule has 3 aliphatic rings. The average Bonchev–Trinajstić information content (AvgIpc) is 2.90. The van der Waals surface area contributed by atoms with Crippen LogP contribution >= 0.6 is 0 Å². The fourth-order valence-corrected chi connectivity index (χ4v) is 6.73. The lowest BCUT2D eigenvalue weighted by Crippen LogP contribution is -2.28. The van der Waals surface area contributed by atoms with Gasteiger partial charge in [0, 0.05) is 22.6 Å². The van der Waals surface area contributed by atoms with E-state index >= 15 is 0 Å². The Kier molecular flexibility index (Phi) is 11.9. The van der Waals surface area contributed by atoms with Crippen molar-refractivity contribution in [3.8, 4) is 0 Å². The number of fused-ring (bicyclic) bond motifs is 2. The normalized spacial score (nSPS) is 20.2. The lowest BCUT2D eigenvalue weighted by Gasteiger charge is -2.39. The van der Waals surface area contributed by atoms with Crippen molar-refractivity contribution in [3.63, 3.8) is 0 Å². The molecule has 210 valence electrons. The molecule has 0 aromatic heterocycles. The van der Waals surface area contributed by atoms with E-state index in [0.29, 0.717) is 17.8 Å². The molecule has 3 rings (SSSR count). The summed E-state index contributed by atoms with van der Waals surface area (Å²) in [6.07, 6.45) is 22.1. The standard InChI is InChI=1S/C35H58O2/c1-8-15-26(16-9-2)24-36-33-29-19-13-14-20-30(29)34(37-25-27(17-10-3)18-11-4)32-23-28(21-22-31(32)33)35(6,7)12-5/h20,23,26-27,29H,8-19,21-22,24-25H2,1-7H3. The zero-order valence-electron chi connectivity index (χ0n) is 25.5. The Morgan fingerprint density at radius 2 is 1.43 bits per heavy atom. The van der Waals surface area contributed by atoms with Crippen molar-refractivity contribution in [3.05, 3.63) is 46.0 Å². The number of hydrogen-bond donors (Lipinski definition) is 0. The third-order valence-corrected chi connectivity index (χ3v) is 9.32. The Balaban J connectivity index is 2.04. The van der Waals surface area contributed by atoms with Gasteiger partial charge in [-0.15, -0.1) is 0 Å². The summed E-state index contributed by atoms with van der Waals surface area (Å²) in [5.41, 5.74) is 6.06. The number of rotatable bonds is 16. The molecule has 0 N–H and O–H groups in total. The van der Waals surface area contributed by atoms with Gasteiger partial charge in [-0.25, -0.2) is 0 Å². The molecular formula is C35H58O2. The highest BCUT2D eigenvalue weighted by atomic mass is 16.5. The van der Waals surface area contributed by atoms with Gasteiger partial charge in [-0.2, -0.15) is 0 Å². The lowest BCUT2D eigenvalue weighted by molar-refractivity contribution is 0.116. The zero-order valence-corrected chi connectivity index (χ0v) is 25.5. The molecule has 0 amide bonds. The fraction of sp³-hybridized carbons (Fsp3) is 0.771. The molecule has 0 aromatic carbocycles. The van der Waals surface area contributed by atoms with Gasteiger partial charge in [0.05, 0.1) is 13.2 Å². The highest BCUT2D eigenvalue weighted by Crippen LogP contribution is 2.50. The van der Waals surface area contributed by atoms with Crippen molar-refractivity contribution in [1.29, 1.82) is 0 Å². The Hall–Kier alpha value is -1.44. The van der Waals surface area contributed by atoms with Crippen LogP contribution in [0.1, 0.15) is 138 Å². The van der Waals surface area contributed by atoms with Crippen molar-refractivity contribution in [1.82, 2.24) is 0 Å². The van der Waals surface area contributed by atoms with Gasteiger partial charge in [0.1, 0.15) is 11.5 Å². The van der Waals surface area contributed by atoms with Crippen molar-refractivity contribution < 1.29 is 9.47 Å². The third-order valence-electron chi connectivity index (χ3n) is 9.32. The fourth-order valence-electron chi connectivity index (χ4n) is 6.73. The summed E-state index contributed by atoms with van der Waals surface area (Å²) in [5.74, 6) is 4.21. The molecule has 1 unspecified atom stereocenters. The minimum absolute atomic E-state index is 0.225. The monoisotopic (exact) mass is 510 g/mol. The quantitative estimate of drug-likeness (QED) is 0.205. The average molecular weight is 511 g/mol. The second-order valence-electron chi connectivity index (χ2n) is 12.6. The van der Waals surface area contributed by atoms with Crippen LogP contribution in [0, 0.1) is 23.2 Å². The van der Waals surface area contributed by atoms with Crippen LogP contribution in [-0.2, 0) is 9.47 Å². The summed E-state index contributed by atoms with van der Waals surface area (Å²) >= 11 is 0. The highest BCUT2D eigenvalue weighted by molar-refractivity contribution is 5.59. The minimum atomic E-state index is 0.225. The minimum Gasteiger partial charge on any atom is -0.497 e. The number of allylic oxidation sites excluding steroid dienone is 7. The third kappa shape index (κ3) is 7.57. The van der Waals surface area contributed by atoms with E-state index in [9.17, 15) is 0 Å². The lowest BCUT2D eigenvalue weighted by atomic mass is 9.70. The predicted octanol–water partition coefficient (Wildman–Crippen LogP) is 10.9. The molecule has 0 bridgehead atoms. The van der Waals surface area contributed by atoms with E-state index in [1.807, 2.05) is 0 Å². The van der Waals surface area contributed by atoms with Crippen LogP contribution in [-0.4, -0.2) is 13.2 Å². The van der Waals surface area contributed by atoms with E-state index < -0.39 is 0 Å². The van der Waals surface area contributed by atoms with Crippen LogP contribution in [0.3, 0.4) is 0 Å². The van der Waals surface area contributed by atoms with Crippen molar-refractivity contribution >= 4 is 0 Å². The zero-order chi connectivity index (χ0) is 26.8. The van der Waals surface area contributed by atoms with E-state index in [1.54, 1.807) is 5.57 Å². The molecule has 0 saturated heterocycles. The molecule has 0 aromatic rings. The maximum Gasteiger partial charge on any atom is 0.130 e. The molecule has 1 atom stereocenters. The van der Waals surface area contributed by atoms with Gasteiger partial charge in [0.25, 0.3) is 0 Å². The van der Waals surface area contributed by atoms with Gasteiger partial charge in [-0.3, -0.25) is 0 Å². The van der Waals surface area contributed by atoms with Crippen LogP contribution in [0.2, 0.25) is 0 Å². The molecule has 2 nitrogen and oxygen atoms in total. The first-order valence-electron chi connectivity index (χ1n) is 16.0. The van der Waals surface area contributed by atoms with E-state index in [-0.39, 0.29) is 5.41 Å². The van der Waals surface area contributed by atoms with Gasteiger partial charge < -0.3 is 9.47 Å². The molecule has 0 saturated carbocycles. The molecule has 0 heterocycles. The van der Waals surface area contributed by atoms with Crippen molar-refractivity contribution in [2.75, 3.05) is 13.2 Å². The topological polar surface area (TPSA) is 18.5 Å². The SMILES string of the molecule is CCCC(CCC)COC1=C2C=C(C(C)(C)CC)CCC2=C(OCC(CCC)CCC)C2CCCC=C12. The van der Waals surface area contributed by atoms with Gasteiger partial charge in [-0.1, -0.05) is 91.9 Å². The van der Waals surface area contributed by atoms with Gasteiger partial charge in [0.2, 0.25) is 0 Å². The van der Waals surface area contributed by atoms with Gasteiger partial charge in [0.15, 0.2) is 0 Å². The molecule has 0 fully saturated rings. The molecular weight excluding hydrogens is 452 g/mol. The Bertz CT molecular complexity index is 840. The first-order chi connectivity index (χ1) is 17.9. The summed E-state index contributed by atoms with van der Waals surface area (Å²) in [5, 5.41) is 0. The maximum atomic E-state index is 6.91. The molecule has 0 spiro atoms. The summed E-state index contributed by atoms with van der Waals surface area (Å²) in [6, 6.07) is 0. The second-order valence-corrected chi connectivity index (χ2v) is 12.6. The number of hydrogen-bond acceptors (Lipinski definition) is 2.